The summed E-state index contributed by atoms with van der Waals surface area (Å²) in [6.45, 7) is 7.39. The summed E-state index contributed by atoms with van der Waals surface area (Å²) in [5.74, 6) is 0.780. The molecule has 1 rings (SSSR count). The van der Waals surface area contributed by atoms with Crippen LogP contribution in [-0.2, 0) is 4.79 Å². The van der Waals surface area contributed by atoms with Gasteiger partial charge >= 0.3 is 0 Å². The van der Waals surface area contributed by atoms with Gasteiger partial charge in [0.2, 0.25) is 0 Å². The van der Waals surface area contributed by atoms with E-state index >= 15 is 0 Å². The van der Waals surface area contributed by atoms with Crippen molar-refractivity contribution >= 4 is 17.4 Å². The van der Waals surface area contributed by atoms with Crippen molar-refractivity contribution in [1.82, 2.24) is 5.32 Å². The molecule has 3 nitrogen and oxygen atoms in total. The van der Waals surface area contributed by atoms with E-state index in [4.69, 9.17) is 16.3 Å². The Morgan fingerprint density at radius 3 is 2.17 bits per heavy atom. The molecule has 100 valence electrons. The standard InChI is InChI=1S/C14H20ClNO2/c1-7-8(2)14(18-6)11(9(3)12(7)15)13(16-5)10(4)17/h13,16H,1-6H3. The molecule has 1 atom stereocenters. The van der Waals surface area contributed by atoms with E-state index in [-0.39, 0.29) is 5.78 Å². The summed E-state index contributed by atoms with van der Waals surface area (Å²) in [7, 11) is 3.37. The van der Waals surface area contributed by atoms with Crippen molar-refractivity contribution in [3.63, 3.8) is 0 Å². The molecule has 1 aromatic carbocycles. The Hall–Kier alpha value is -1.06. The number of rotatable bonds is 4. The number of methoxy groups -OCH3 is 1. The van der Waals surface area contributed by atoms with E-state index in [1.54, 1.807) is 21.1 Å². The highest BCUT2D eigenvalue weighted by molar-refractivity contribution is 6.32. The predicted molar refractivity (Wildman–Crippen MR) is 74.7 cm³/mol. The van der Waals surface area contributed by atoms with E-state index in [1.807, 2.05) is 20.8 Å². The molecule has 0 spiro atoms. The number of nitrogens with one attached hydrogen (secondary N) is 1. The fraction of sp³-hybridized carbons (Fsp3) is 0.500. The number of likely N-dealkylation sites (N-methyl/N-ethyl adjacent to an activating group) is 1. The fourth-order valence-corrected chi connectivity index (χ4v) is 2.51. The number of hydrogen-bond donors (Lipinski definition) is 1. The second-order valence-corrected chi connectivity index (χ2v) is 4.85. The Labute approximate surface area is 113 Å². The number of hydrogen-bond acceptors (Lipinski definition) is 3. The number of carbonyl (C=O) groups excluding carboxylic acids is 1. The van der Waals surface area contributed by atoms with Crippen LogP contribution in [0.4, 0.5) is 0 Å². The quantitative estimate of drug-likeness (QED) is 0.913. The zero-order chi connectivity index (χ0) is 14.0. The van der Waals surface area contributed by atoms with Crippen molar-refractivity contribution in [3.05, 3.63) is 27.3 Å². The summed E-state index contributed by atoms with van der Waals surface area (Å²) < 4.78 is 5.47. The summed E-state index contributed by atoms with van der Waals surface area (Å²) in [5, 5.41) is 3.72. The first-order valence-corrected chi connectivity index (χ1v) is 6.25. The van der Waals surface area contributed by atoms with Crippen LogP contribution in [0.1, 0.15) is 35.2 Å². The minimum absolute atomic E-state index is 0.0400. The Balaban J connectivity index is 3.65. The molecule has 1 N–H and O–H groups in total. The van der Waals surface area contributed by atoms with E-state index in [9.17, 15) is 4.79 Å². The van der Waals surface area contributed by atoms with Gasteiger partial charge in [-0.2, -0.15) is 0 Å². The molecule has 1 unspecified atom stereocenters. The normalized spacial score (nSPS) is 12.4. The van der Waals surface area contributed by atoms with E-state index < -0.39 is 6.04 Å². The maximum atomic E-state index is 11.7. The molecule has 0 aliphatic rings. The Bertz CT molecular complexity index is 483. The molecule has 1 aromatic rings. The van der Waals surface area contributed by atoms with Crippen molar-refractivity contribution in [2.45, 2.75) is 33.7 Å². The van der Waals surface area contributed by atoms with E-state index in [2.05, 4.69) is 5.32 Å². The molecule has 4 heteroatoms. The highest BCUT2D eigenvalue weighted by Gasteiger charge is 2.25. The third kappa shape index (κ3) is 2.38. The van der Waals surface area contributed by atoms with Gasteiger partial charge in [-0.3, -0.25) is 4.79 Å². The summed E-state index contributed by atoms with van der Waals surface area (Å²) in [6, 6.07) is -0.392. The van der Waals surface area contributed by atoms with Gasteiger partial charge in [-0.15, -0.1) is 0 Å². The lowest BCUT2D eigenvalue weighted by molar-refractivity contribution is -0.119. The fourth-order valence-electron chi connectivity index (χ4n) is 2.27. The topological polar surface area (TPSA) is 38.3 Å². The molecule has 0 aromatic heterocycles. The Morgan fingerprint density at radius 1 is 1.22 bits per heavy atom. The van der Waals surface area contributed by atoms with Gasteiger partial charge in [0.25, 0.3) is 0 Å². The molecule has 0 aliphatic carbocycles. The summed E-state index contributed by atoms with van der Waals surface area (Å²) >= 11 is 6.33. The monoisotopic (exact) mass is 269 g/mol. The van der Waals surface area contributed by atoms with Crippen molar-refractivity contribution in [2.24, 2.45) is 0 Å². The third-order valence-corrected chi connectivity index (χ3v) is 3.97. The van der Waals surface area contributed by atoms with Gasteiger partial charge < -0.3 is 10.1 Å². The van der Waals surface area contributed by atoms with Crippen molar-refractivity contribution in [1.29, 1.82) is 0 Å². The summed E-state index contributed by atoms with van der Waals surface area (Å²) in [6.07, 6.45) is 0. The number of ether oxygens (including phenoxy) is 1. The van der Waals surface area contributed by atoms with Gasteiger partial charge in [-0.25, -0.2) is 0 Å². The molecule has 18 heavy (non-hydrogen) atoms. The van der Waals surface area contributed by atoms with Gasteiger partial charge in [-0.05, 0) is 51.4 Å². The molecular weight excluding hydrogens is 250 g/mol. The van der Waals surface area contributed by atoms with Crippen molar-refractivity contribution in [3.8, 4) is 5.75 Å². The van der Waals surface area contributed by atoms with Crippen LogP contribution in [0.2, 0.25) is 5.02 Å². The van der Waals surface area contributed by atoms with E-state index in [0.717, 1.165) is 28.0 Å². The number of halogens is 1. The molecule has 0 bridgehead atoms. The number of benzene rings is 1. The van der Waals surface area contributed by atoms with Crippen LogP contribution in [0.15, 0.2) is 0 Å². The SMILES string of the molecule is CNC(C(C)=O)c1c(C)c(Cl)c(C)c(C)c1OC. The average molecular weight is 270 g/mol. The van der Waals surface area contributed by atoms with E-state index in [0.29, 0.717) is 5.02 Å². The lowest BCUT2D eigenvalue weighted by atomic mass is 9.92. The Kier molecular flexibility index (Phi) is 4.77. The first-order chi connectivity index (χ1) is 8.36. The zero-order valence-corrected chi connectivity index (χ0v) is 12.5. The second-order valence-electron chi connectivity index (χ2n) is 4.47. The smallest absolute Gasteiger partial charge is 0.151 e. The molecule has 0 aliphatic heterocycles. The van der Waals surface area contributed by atoms with Crippen molar-refractivity contribution < 1.29 is 9.53 Å². The number of ketones is 1. The molecule has 0 saturated heterocycles. The van der Waals surface area contributed by atoms with Gasteiger partial charge in [-0.1, -0.05) is 11.6 Å². The number of carbonyl (C=O) groups is 1. The summed E-state index contributed by atoms with van der Waals surface area (Å²) in [4.78, 5) is 11.7. The van der Waals surface area contributed by atoms with Gasteiger partial charge in [0.15, 0.2) is 5.78 Å². The average Bonchev–Trinajstić information content (AvgIpc) is 2.33. The second kappa shape index (κ2) is 5.72. The maximum absolute atomic E-state index is 11.7. The van der Waals surface area contributed by atoms with E-state index in [1.165, 1.54) is 0 Å². The van der Waals surface area contributed by atoms with Crippen LogP contribution >= 0.6 is 11.6 Å². The lowest BCUT2D eigenvalue weighted by Gasteiger charge is -2.23. The van der Waals surface area contributed by atoms with Crippen LogP contribution in [0.25, 0.3) is 0 Å². The molecular formula is C14H20ClNO2. The molecule has 0 amide bonds. The van der Waals surface area contributed by atoms with Crippen LogP contribution in [0.3, 0.4) is 0 Å². The molecule has 0 saturated carbocycles. The van der Waals surface area contributed by atoms with Gasteiger partial charge in [0, 0.05) is 10.6 Å². The summed E-state index contributed by atoms with van der Waals surface area (Å²) in [5.41, 5.74) is 3.70. The largest absolute Gasteiger partial charge is 0.496 e. The minimum Gasteiger partial charge on any atom is -0.496 e. The molecule has 0 fully saturated rings. The number of Topliss-reactive ketones (excluding diaryl/α,β-unsaturated/α-hetero) is 1. The molecule has 0 heterocycles. The minimum atomic E-state index is -0.392. The maximum Gasteiger partial charge on any atom is 0.151 e. The van der Waals surface area contributed by atoms with Crippen LogP contribution in [-0.4, -0.2) is 19.9 Å². The van der Waals surface area contributed by atoms with Crippen LogP contribution in [0, 0.1) is 20.8 Å². The van der Waals surface area contributed by atoms with Gasteiger partial charge in [0.1, 0.15) is 5.75 Å². The van der Waals surface area contributed by atoms with Crippen LogP contribution in [0.5, 0.6) is 5.75 Å². The molecule has 0 radical (unpaired) electrons. The predicted octanol–water partition coefficient (Wildman–Crippen LogP) is 3.12. The van der Waals surface area contributed by atoms with Gasteiger partial charge in [0.05, 0.1) is 13.2 Å². The third-order valence-electron chi connectivity index (χ3n) is 3.40. The first-order valence-electron chi connectivity index (χ1n) is 5.87. The highest BCUT2D eigenvalue weighted by Crippen LogP contribution is 2.39. The highest BCUT2D eigenvalue weighted by atomic mass is 35.5. The Morgan fingerprint density at radius 2 is 1.78 bits per heavy atom. The zero-order valence-electron chi connectivity index (χ0n) is 11.8. The van der Waals surface area contributed by atoms with Crippen molar-refractivity contribution in [2.75, 3.05) is 14.2 Å². The first kappa shape index (κ1) is 15.0. The van der Waals surface area contributed by atoms with Crippen LogP contribution < -0.4 is 10.1 Å². The lowest BCUT2D eigenvalue weighted by Crippen LogP contribution is -2.25.